The van der Waals surface area contributed by atoms with Gasteiger partial charge in [-0.3, -0.25) is 0 Å². The van der Waals surface area contributed by atoms with Gasteiger partial charge in [-0.15, -0.1) is 5.10 Å². The summed E-state index contributed by atoms with van der Waals surface area (Å²) >= 11 is 0. The summed E-state index contributed by atoms with van der Waals surface area (Å²) in [7, 11) is 0. The Kier molecular flexibility index (Phi) is 3.80. The van der Waals surface area contributed by atoms with Crippen molar-refractivity contribution in [3.8, 4) is 11.6 Å². The highest BCUT2D eigenvalue weighted by molar-refractivity contribution is 5.51. The van der Waals surface area contributed by atoms with Gasteiger partial charge in [0.25, 0.3) is 0 Å². The van der Waals surface area contributed by atoms with Crippen LogP contribution in [-0.4, -0.2) is 34.9 Å². The van der Waals surface area contributed by atoms with Gasteiger partial charge in [0.05, 0.1) is 17.9 Å². The van der Waals surface area contributed by atoms with E-state index in [0.29, 0.717) is 24.9 Å². The van der Waals surface area contributed by atoms with E-state index >= 15 is 0 Å². The molecule has 1 aliphatic heterocycles. The third-order valence-corrected chi connectivity index (χ3v) is 3.60. The lowest BCUT2D eigenvalue weighted by molar-refractivity contribution is -0.141. The minimum atomic E-state index is -0.550. The maximum atomic E-state index is 6.13. The molecule has 6 heteroatoms. The molecule has 2 aromatic rings. The molecule has 1 aliphatic rings. The molecular weight excluding hydrogens is 282 g/mol. The normalized spacial score (nSPS) is 20.2. The Bertz CT molecular complexity index is 652. The van der Waals surface area contributed by atoms with Crippen molar-refractivity contribution in [3.63, 3.8) is 0 Å². The molecule has 3 rings (SSSR count). The van der Waals surface area contributed by atoms with Gasteiger partial charge in [0, 0.05) is 0 Å². The van der Waals surface area contributed by atoms with E-state index in [-0.39, 0.29) is 6.10 Å². The Balaban J connectivity index is 1.73. The number of hydrogen-bond acceptors (Lipinski definition) is 5. The van der Waals surface area contributed by atoms with Crippen LogP contribution in [0.25, 0.3) is 5.69 Å². The number of nitrogen functional groups attached to an aromatic ring is 1. The molecule has 22 heavy (non-hydrogen) atoms. The highest BCUT2D eigenvalue weighted by atomic mass is 16.7. The molecule has 0 bridgehead atoms. The van der Waals surface area contributed by atoms with Gasteiger partial charge in [-0.25, -0.2) is 4.68 Å². The van der Waals surface area contributed by atoms with Gasteiger partial charge in [0.2, 0.25) is 5.88 Å². The van der Waals surface area contributed by atoms with Gasteiger partial charge in [-0.1, -0.05) is 18.2 Å². The Morgan fingerprint density at radius 2 is 2.09 bits per heavy atom. The van der Waals surface area contributed by atoms with Crippen molar-refractivity contribution in [2.45, 2.75) is 32.7 Å². The second-order valence-corrected chi connectivity index (χ2v) is 5.82. The fourth-order valence-electron chi connectivity index (χ4n) is 2.41. The van der Waals surface area contributed by atoms with Crippen molar-refractivity contribution in [1.82, 2.24) is 9.78 Å². The maximum absolute atomic E-state index is 6.13. The Morgan fingerprint density at radius 3 is 2.73 bits per heavy atom. The third-order valence-electron chi connectivity index (χ3n) is 3.60. The van der Waals surface area contributed by atoms with Crippen molar-refractivity contribution < 1.29 is 14.2 Å². The SMILES string of the molecule is Cc1c(OC[C@H]2COC(C)(C)O2)nn(-c2ccccc2)c1N. The molecule has 1 aromatic heterocycles. The summed E-state index contributed by atoms with van der Waals surface area (Å²) in [6.07, 6.45) is -0.0995. The van der Waals surface area contributed by atoms with Gasteiger partial charge in [-0.05, 0) is 32.9 Å². The molecule has 0 aliphatic carbocycles. The van der Waals surface area contributed by atoms with Crippen molar-refractivity contribution in [2.75, 3.05) is 18.9 Å². The standard InChI is InChI=1S/C16H21N3O3/c1-11-14(17)19(12-7-5-4-6-8-12)18-15(11)20-9-13-10-21-16(2,3)22-13/h4-8,13H,9-10,17H2,1-3H3/t13-/m0/s1. The molecule has 118 valence electrons. The van der Waals surface area contributed by atoms with E-state index in [1.165, 1.54) is 0 Å². The average molecular weight is 303 g/mol. The molecule has 2 heterocycles. The molecule has 2 N–H and O–H groups in total. The van der Waals surface area contributed by atoms with Crippen LogP contribution < -0.4 is 10.5 Å². The summed E-state index contributed by atoms with van der Waals surface area (Å²) < 4.78 is 18.7. The van der Waals surface area contributed by atoms with Crippen molar-refractivity contribution in [2.24, 2.45) is 0 Å². The molecular formula is C16H21N3O3. The van der Waals surface area contributed by atoms with Gasteiger partial charge in [-0.2, -0.15) is 0 Å². The van der Waals surface area contributed by atoms with Crippen LogP contribution in [0.4, 0.5) is 5.82 Å². The molecule has 1 atom stereocenters. The summed E-state index contributed by atoms with van der Waals surface area (Å²) in [4.78, 5) is 0. The van der Waals surface area contributed by atoms with Crippen molar-refractivity contribution in [3.05, 3.63) is 35.9 Å². The number of rotatable bonds is 4. The number of para-hydroxylation sites is 1. The van der Waals surface area contributed by atoms with E-state index in [4.69, 9.17) is 19.9 Å². The fraction of sp³-hybridized carbons (Fsp3) is 0.438. The fourth-order valence-corrected chi connectivity index (χ4v) is 2.41. The maximum Gasteiger partial charge on any atom is 0.238 e. The molecule has 0 unspecified atom stereocenters. The van der Waals surface area contributed by atoms with E-state index in [2.05, 4.69) is 5.10 Å². The highest BCUT2D eigenvalue weighted by Crippen LogP contribution is 2.27. The van der Waals surface area contributed by atoms with E-state index in [0.717, 1.165) is 11.3 Å². The Labute approximate surface area is 129 Å². The lowest BCUT2D eigenvalue weighted by Crippen LogP contribution is -2.25. The predicted molar refractivity (Wildman–Crippen MR) is 83.1 cm³/mol. The number of nitrogens with two attached hydrogens (primary N) is 1. The van der Waals surface area contributed by atoms with E-state index < -0.39 is 5.79 Å². The first-order chi connectivity index (χ1) is 10.5. The minimum Gasteiger partial charge on any atom is -0.473 e. The molecule has 0 saturated carbocycles. The number of benzene rings is 1. The van der Waals surface area contributed by atoms with Crippen LogP contribution >= 0.6 is 0 Å². The number of hydrogen-bond donors (Lipinski definition) is 1. The zero-order valence-corrected chi connectivity index (χ0v) is 13.1. The first-order valence-corrected chi connectivity index (χ1v) is 7.31. The molecule has 0 spiro atoms. The first-order valence-electron chi connectivity index (χ1n) is 7.31. The monoisotopic (exact) mass is 303 g/mol. The van der Waals surface area contributed by atoms with Gasteiger partial charge < -0.3 is 19.9 Å². The molecule has 1 saturated heterocycles. The summed E-state index contributed by atoms with van der Waals surface area (Å²) in [5, 5.41) is 4.45. The number of aromatic nitrogens is 2. The zero-order chi connectivity index (χ0) is 15.7. The Morgan fingerprint density at radius 1 is 1.36 bits per heavy atom. The van der Waals surface area contributed by atoms with E-state index in [9.17, 15) is 0 Å². The van der Waals surface area contributed by atoms with Gasteiger partial charge in [0.1, 0.15) is 18.5 Å². The van der Waals surface area contributed by atoms with Crippen LogP contribution in [-0.2, 0) is 9.47 Å². The minimum absolute atomic E-state index is 0.0995. The lowest BCUT2D eigenvalue weighted by atomic mass is 10.3. The molecule has 0 amide bonds. The second kappa shape index (κ2) is 5.62. The first kappa shape index (κ1) is 14.9. The van der Waals surface area contributed by atoms with Crippen LogP contribution in [0.2, 0.25) is 0 Å². The van der Waals surface area contributed by atoms with Crippen LogP contribution in [0.3, 0.4) is 0 Å². The van der Waals surface area contributed by atoms with Crippen molar-refractivity contribution in [1.29, 1.82) is 0 Å². The number of ether oxygens (including phenoxy) is 3. The second-order valence-electron chi connectivity index (χ2n) is 5.82. The van der Waals surface area contributed by atoms with Crippen LogP contribution in [0.5, 0.6) is 5.88 Å². The van der Waals surface area contributed by atoms with Crippen LogP contribution in [0.1, 0.15) is 19.4 Å². The summed E-state index contributed by atoms with van der Waals surface area (Å²) in [6.45, 7) is 6.57. The smallest absolute Gasteiger partial charge is 0.238 e. The van der Waals surface area contributed by atoms with Gasteiger partial charge in [0.15, 0.2) is 5.79 Å². The number of nitrogens with zero attached hydrogens (tertiary/aromatic N) is 2. The summed E-state index contributed by atoms with van der Waals surface area (Å²) in [6, 6.07) is 9.73. The van der Waals surface area contributed by atoms with E-state index in [1.807, 2.05) is 51.1 Å². The molecule has 1 fully saturated rings. The Hall–Kier alpha value is -2.05. The molecule has 6 nitrogen and oxygen atoms in total. The van der Waals surface area contributed by atoms with Crippen LogP contribution in [0.15, 0.2) is 30.3 Å². The van der Waals surface area contributed by atoms with Crippen molar-refractivity contribution >= 4 is 5.82 Å². The van der Waals surface area contributed by atoms with Crippen LogP contribution in [0, 0.1) is 6.92 Å². The quantitative estimate of drug-likeness (QED) is 0.938. The summed E-state index contributed by atoms with van der Waals surface area (Å²) in [5.41, 5.74) is 7.85. The predicted octanol–water partition coefficient (Wildman–Crippen LogP) is 2.29. The largest absolute Gasteiger partial charge is 0.473 e. The highest BCUT2D eigenvalue weighted by Gasteiger charge is 2.33. The molecule has 0 radical (unpaired) electrons. The lowest BCUT2D eigenvalue weighted by Gasteiger charge is -2.16. The molecule has 1 aromatic carbocycles. The summed E-state index contributed by atoms with van der Waals surface area (Å²) in [5.74, 6) is 0.547. The topological polar surface area (TPSA) is 71.5 Å². The van der Waals surface area contributed by atoms with Gasteiger partial charge >= 0.3 is 0 Å². The average Bonchev–Trinajstić information content (AvgIpc) is 2.99. The third kappa shape index (κ3) is 2.93. The zero-order valence-electron chi connectivity index (χ0n) is 13.1. The number of anilines is 1. The van der Waals surface area contributed by atoms with E-state index in [1.54, 1.807) is 4.68 Å².